The van der Waals surface area contributed by atoms with E-state index in [4.69, 9.17) is 11.6 Å². The first kappa shape index (κ1) is 12.0. The fourth-order valence-electron chi connectivity index (χ4n) is 0.903. The van der Waals surface area contributed by atoms with E-state index < -0.39 is 0 Å². The first-order valence-electron chi connectivity index (χ1n) is 4.53. The van der Waals surface area contributed by atoms with Crippen LogP contribution in [-0.2, 0) is 4.79 Å². The Kier molecular flexibility index (Phi) is 5.56. The minimum atomic E-state index is 0.274. The minimum absolute atomic E-state index is 0.274. The van der Waals surface area contributed by atoms with Gasteiger partial charge in [-0.15, -0.1) is 11.6 Å². The number of halogens is 1. The molecule has 0 aromatic rings. The molecule has 0 aliphatic heterocycles. The maximum Gasteiger partial charge on any atom is 0.132 e. The third-order valence-corrected chi connectivity index (χ3v) is 2.01. The van der Waals surface area contributed by atoms with Crippen LogP contribution in [0.5, 0.6) is 0 Å². The van der Waals surface area contributed by atoms with Gasteiger partial charge in [0.05, 0.1) is 0 Å². The molecule has 0 fully saturated rings. The van der Waals surface area contributed by atoms with Gasteiger partial charge in [-0.1, -0.05) is 20.8 Å². The molecular formula is C10H19ClO. The summed E-state index contributed by atoms with van der Waals surface area (Å²) < 4.78 is 0. The normalized spacial score (nSPS) is 11.7. The van der Waals surface area contributed by atoms with E-state index in [0.717, 1.165) is 12.8 Å². The van der Waals surface area contributed by atoms with E-state index in [9.17, 15) is 4.79 Å². The van der Waals surface area contributed by atoms with Crippen molar-refractivity contribution >= 4 is 17.4 Å². The lowest BCUT2D eigenvalue weighted by Gasteiger charge is -2.16. The second kappa shape index (κ2) is 5.58. The summed E-state index contributed by atoms with van der Waals surface area (Å²) in [7, 11) is 0. The van der Waals surface area contributed by atoms with Crippen LogP contribution in [0.25, 0.3) is 0 Å². The van der Waals surface area contributed by atoms with Crippen molar-refractivity contribution in [3.63, 3.8) is 0 Å². The molecule has 0 atom stereocenters. The summed E-state index contributed by atoms with van der Waals surface area (Å²) in [5.74, 6) is 0.951. The zero-order valence-corrected chi connectivity index (χ0v) is 9.08. The van der Waals surface area contributed by atoms with Crippen molar-refractivity contribution in [2.45, 2.75) is 46.5 Å². The molecule has 72 valence electrons. The molecule has 0 aliphatic carbocycles. The zero-order chi connectivity index (χ0) is 9.61. The molecule has 0 saturated carbocycles. The van der Waals surface area contributed by atoms with Gasteiger partial charge in [0.15, 0.2) is 0 Å². The van der Waals surface area contributed by atoms with E-state index in [1.165, 1.54) is 0 Å². The monoisotopic (exact) mass is 190 g/mol. The summed E-state index contributed by atoms with van der Waals surface area (Å²) in [5, 5.41) is 0. The molecule has 0 unspecified atom stereocenters. The average molecular weight is 191 g/mol. The van der Waals surface area contributed by atoms with Crippen LogP contribution in [0.4, 0.5) is 0 Å². The van der Waals surface area contributed by atoms with Gasteiger partial charge in [-0.3, -0.25) is 4.79 Å². The maximum atomic E-state index is 11.2. The van der Waals surface area contributed by atoms with E-state index in [1.54, 1.807) is 0 Å². The van der Waals surface area contributed by atoms with E-state index in [-0.39, 0.29) is 5.41 Å². The van der Waals surface area contributed by atoms with Gasteiger partial charge < -0.3 is 0 Å². The largest absolute Gasteiger partial charge is 0.300 e. The second-order valence-electron chi connectivity index (χ2n) is 4.39. The summed E-state index contributed by atoms with van der Waals surface area (Å²) in [5.41, 5.74) is 0.274. The van der Waals surface area contributed by atoms with Crippen molar-refractivity contribution < 1.29 is 4.79 Å². The molecule has 0 saturated heterocycles. The maximum absolute atomic E-state index is 11.2. The van der Waals surface area contributed by atoms with Crippen molar-refractivity contribution in [2.24, 2.45) is 5.41 Å². The fourth-order valence-corrected chi connectivity index (χ4v) is 1.04. The molecular weight excluding hydrogens is 172 g/mol. The predicted molar refractivity (Wildman–Crippen MR) is 53.7 cm³/mol. The Morgan fingerprint density at radius 3 is 2.25 bits per heavy atom. The molecule has 0 spiro atoms. The molecule has 0 rings (SSSR count). The topological polar surface area (TPSA) is 17.1 Å². The van der Waals surface area contributed by atoms with E-state index in [2.05, 4.69) is 20.8 Å². The van der Waals surface area contributed by atoms with E-state index >= 15 is 0 Å². The van der Waals surface area contributed by atoms with Crippen LogP contribution in [0.15, 0.2) is 0 Å². The number of carbonyl (C=O) groups is 1. The molecule has 0 radical (unpaired) electrons. The highest BCUT2D eigenvalue weighted by Crippen LogP contribution is 2.21. The molecule has 0 amide bonds. The Morgan fingerprint density at radius 2 is 1.83 bits per heavy atom. The van der Waals surface area contributed by atoms with Crippen molar-refractivity contribution in [1.82, 2.24) is 0 Å². The number of carbonyl (C=O) groups excluding carboxylic acids is 1. The number of hydrogen-bond donors (Lipinski definition) is 0. The molecule has 0 aliphatic rings. The molecule has 1 nitrogen and oxygen atoms in total. The van der Waals surface area contributed by atoms with Gasteiger partial charge in [0.25, 0.3) is 0 Å². The first-order valence-corrected chi connectivity index (χ1v) is 5.07. The number of Topliss-reactive ketones (excluding diaryl/α,β-unsaturated/α-hetero) is 1. The summed E-state index contributed by atoms with van der Waals surface area (Å²) in [4.78, 5) is 11.2. The van der Waals surface area contributed by atoms with Crippen molar-refractivity contribution in [1.29, 1.82) is 0 Å². The van der Waals surface area contributed by atoms with Gasteiger partial charge in [-0.25, -0.2) is 0 Å². The van der Waals surface area contributed by atoms with Gasteiger partial charge in [0.1, 0.15) is 5.78 Å². The smallest absolute Gasteiger partial charge is 0.132 e. The lowest BCUT2D eigenvalue weighted by Crippen LogP contribution is -2.08. The Labute approximate surface area is 80.5 Å². The second-order valence-corrected chi connectivity index (χ2v) is 4.77. The quantitative estimate of drug-likeness (QED) is 0.608. The molecule has 12 heavy (non-hydrogen) atoms. The van der Waals surface area contributed by atoms with Gasteiger partial charge in [-0.2, -0.15) is 0 Å². The summed E-state index contributed by atoms with van der Waals surface area (Å²) in [6, 6.07) is 0. The van der Waals surface area contributed by atoms with Crippen LogP contribution >= 0.6 is 11.6 Å². The van der Waals surface area contributed by atoms with Gasteiger partial charge in [0, 0.05) is 18.7 Å². The van der Waals surface area contributed by atoms with Crippen LogP contribution in [0.1, 0.15) is 46.5 Å². The Morgan fingerprint density at radius 1 is 1.25 bits per heavy atom. The van der Waals surface area contributed by atoms with Gasteiger partial charge in [0.2, 0.25) is 0 Å². The number of hydrogen-bond acceptors (Lipinski definition) is 1. The van der Waals surface area contributed by atoms with Crippen LogP contribution in [-0.4, -0.2) is 11.7 Å². The summed E-state index contributed by atoms with van der Waals surface area (Å²) in [6.07, 6.45) is 3.17. The van der Waals surface area contributed by atoms with E-state index in [1.807, 2.05) is 0 Å². The van der Waals surface area contributed by atoms with Crippen LogP contribution in [0.3, 0.4) is 0 Å². The number of alkyl halides is 1. The lowest BCUT2D eigenvalue weighted by atomic mass is 9.89. The first-order chi connectivity index (χ1) is 5.45. The number of rotatable bonds is 5. The van der Waals surface area contributed by atoms with Crippen LogP contribution < -0.4 is 0 Å². The summed E-state index contributed by atoms with van der Waals surface area (Å²) in [6.45, 7) is 6.46. The molecule has 0 heterocycles. The highest BCUT2D eigenvalue weighted by molar-refractivity contribution is 6.17. The molecule has 0 bridgehead atoms. The summed E-state index contributed by atoms with van der Waals surface area (Å²) >= 11 is 5.48. The van der Waals surface area contributed by atoms with Gasteiger partial charge in [-0.05, 0) is 18.3 Å². The highest BCUT2D eigenvalue weighted by atomic mass is 35.5. The Balaban J connectivity index is 3.44. The van der Waals surface area contributed by atoms with Crippen LogP contribution in [0, 0.1) is 5.41 Å². The highest BCUT2D eigenvalue weighted by Gasteiger charge is 2.12. The third kappa shape index (κ3) is 8.06. The third-order valence-electron chi connectivity index (χ3n) is 1.74. The SMILES string of the molecule is CC(C)(C)CCC(=O)CCCCl. The Hall–Kier alpha value is -0.0400. The fraction of sp³-hybridized carbons (Fsp3) is 0.900. The van der Waals surface area contributed by atoms with Crippen LogP contribution in [0.2, 0.25) is 0 Å². The minimum Gasteiger partial charge on any atom is -0.300 e. The average Bonchev–Trinajstić information content (AvgIpc) is 1.95. The lowest BCUT2D eigenvalue weighted by molar-refractivity contribution is -0.119. The predicted octanol–water partition coefficient (Wildman–Crippen LogP) is 3.40. The van der Waals surface area contributed by atoms with Crippen molar-refractivity contribution in [2.75, 3.05) is 5.88 Å². The van der Waals surface area contributed by atoms with Gasteiger partial charge >= 0.3 is 0 Å². The van der Waals surface area contributed by atoms with E-state index in [0.29, 0.717) is 24.5 Å². The van der Waals surface area contributed by atoms with Crippen molar-refractivity contribution in [3.8, 4) is 0 Å². The van der Waals surface area contributed by atoms with Crippen molar-refractivity contribution in [3.05, 3.63) is 0 Å². The molecule has 0 aromatic carbocycles. The standard InChI is InChI=1S/C10H19ClO/c1-10(2,3)7-6-9(12)5-4-8-11/h4-8H2,1-3H3. The molecule has 0 aromatic heterocycles. The number of ketones is 1. The molecule has 2 heteroatoms. The zero-order valence-electron chi connectivity index (χ0n) is 8.32. The Bertz CT molecular complexity index is 135. The molecule has 0 N–H and O–H groups in total.